The van der Waals surface area contributed by atoms with Crippen LogP contribution in [-0.2, 0) is 17.8 Å². The number of amides is 1. The second-order valence-electron chi connectivity index (χ2n) is 4.59. The van der Waals surface area contributed by atoms with Crippen LogP contribution in [0.25, 0.3) is 0 Å². The molecule has 0 aliphatic carbocycles. The molecule has 6 heteroatoms. The lowest BCUT2D eigenvalue weighted by Gasteiger charge is -2.16. The number of rotatable bonds is 4. The molecule has 0 fully saturated rings. The maximum Gasteiger partial charge on any atom is 0.227 e. The van der Waals surface area contributed by atoms with Crippen molar-refractivity contribution in [1.82, 2.24) is 10.1 Å². The molecule has 0 radical (unpaired) electrons. The highest BCUT2D eigenvalue weighted by molar-refractivity contribution is 6.35. The molecule has 2 aromatic rings. The van der Waals surface area contributed by atoms with E-state index in [-0.39, 0.29) is 12.3 Å². The Balaban J connectivity index is 2.00. The van der Waals surface area contributed by atoms with Gasteiger partial charge in [0.2, 0.25) is 5.91 Å². The number of halogens is 2. The Morgan fingerprint density at radius 2 is 2.10 bits per heavy atom. The average Bonchev–Trinajstić information content (AvgIpc) is 2.78. The molecule has 1 amide bonds. The minimum absolute atomic E-state index is 0.0464. The molecule has 1 aromatic carbocycles. The van der Waals surface area contributed by atoms with E-state index < -0.39 is 0 Å². The first-order chi connectivity index (χ1) is 9.45. The summed E-state index contributed by atoms with van der Waals surface area (Å²) in [7, 11) is 1.72. The van der Waals surface area contributed by atoms with Gasteiger partial charge in [-0.1, -0.05) is 34.4 Å². The smallest absolute Gasteiger partial charge is 0.227 e. The van der Waals surface area contributed by atoms with Gasteiger partial charge in [-0.2, -0.15) is 0 Å². The second-order valence-corrected chi connectivity index (χ2v) is 5.43. The van der Waals surface area contributed by atoms with Crippen LogP contribution < -0.4 is 0 Å². The number of carbonyl (C=O) groups is 1. The van der Waals surface area contributed by atoms with Crippen LogP contribution in [0.3, 0.4) is 0 Å². The lowest BCUT2D eigenvalue weighted by Crippen LogP contribution is -2.27. The Labute approximate surface area is 127 Å². The molecule has 0 unspecified atom stereocenters. The molecule has 0 spiro atoms. The van der Waals surface area contributed by atoms with Gasteiger partial charge < -0.3 is 9.42 Å². The lowest BCUT2D eigenvalue weighted by molar-refractivity contribution is -0.129. The van der Waals surface area contributed by atoms with E-state index in [2.05, 4.69) is 5.16 Å². The van der Waals surface area contributed by atoms with Crippen LogP contribution in [0.4, 0.5) is 0 Å². The Hall–Kier alpha value is -1.52. The quantitative estimate of drug-likeness (QED) is 0.868. The first-order valence-electron chi connectivity index (χ1n) is 6.06. The zero-order chi connectivity index (χ0) is 14.7. The highest BCUT2D eigenvalue weighted by Crippen LogP contribution is 2.21. The first kappa shape index (κ1) is 14.9. The van der Waals surface area contributed by atoms with Crippen molar-refractivity contribution < 1.29 is 9.32 Å². The topological polar surface area (TPSA) is 46.3 Å². The summed E-state index contributed by atoms with van der Waals surface area (Å²) in [6, 6.07) is 6.92. The number of likely N-dealkylation sites (N-methyl/N-ethyl adjacent to an activating group) is 1. The maximum absolute atomic E-state index is 12.1. The van der Waals surface area contributed by atoms with Crippen molar-refractivity contribution in [3.05, 3.63) is 51.3 Å². The number of benzene rings is 1. The Kier molecular flexibility index (Phi) is 4.68. The van der Waals surface area contributed by atoms with Crippen LogP contribution in [0.5, 0.6) is 0 Å². The van der Waals surface area contributed by atoms with E-state index in [1.807, 2.05) is 6.92 Å². The van der Waals surface area contributed by atoms with E-state index in [1.54, 1.807) is 36.2 Å². The molecule has 0 aliphatic rings. The third-order valence-corrected chi connectivity index (χ3v) is 3.45. The standard InChI is InChI=1S/C14H14Cl2N2O2/c1-9-5-12(17-20-9)8-18(2)14(19)6-10-3-4-11(15)7-13(10)16/h3-5,7H,6,8H2,1-2H3. The summed E-state index contributed by atoms with van der Waals surface area (Å²) in [5, 5.41) is 4.91. The van der Waals surface area contributed by atoms with Gasteiger partial charge in [0.25, 0.3) is 0 Å². The minimum Gasteiger partial charge on any atom is -0.361 e. The SMILES string of the molecule is Cc1cc(CN(C)C(=O)Cc2ccc(Cl)cc2Cl)no1. The monoisotopic (exact) mass is 312 g/mol. The molecule has 1 aromatic heterocycles. The number of aryl methyl sites for hydroxylation is 1. The summed E-state index contributed by atoms with van der Waals surface area (Å²) in [4.78, 5) is 13.7. The Morgan fingerprint density at radius 3 is 2.70 bits per heavy atom. The molecule has 0 aliphatic heterocycles. The molecular formula is C14H14Cl2N2O2. The first-order valence-corrected chi connectivity index (χ1v) is 6.81. The average molecular weight is 313 g/mol. The summed E-state index contributed by atoms with van der Waals surface area (Å²) in [6.45, 7) is 2.22. The van der Waals surface area contributed by atoms with E-state index in [0.717, 1.165) is 17.0 Å². The van der Waals surface area contributed by atoms with Crippen LogP contribution >= 0.6 is 23.2 Å². The zero-order valence-electron chi connectivity index (χ0n) is 11.2. The fourth-order valence-electron chi connectivity index (χ4n) is 1.79. The molecule has 0 saturated heterocycles. The molecule has 20 heavy (non-hydrogen) atoms. The van der Waals surface area contributed by atoms with Crippen LogP contribution in [0.1, 0.15) is 17.0 Å². The second kappa shape index (κ2) is 6.29. The zero-order valence-corrected chi connectivity index (χ0v) is 12.7. The third kappa shape index (κ3) is 3.74. The molecule has 0 bridgehead atoms. The van der Waals surface area contributed by atoms with Gasteiger partial charge in [0.15, 0.2) is 0 Å². The van der Waals surface area contributed by atoms with Crippen molar-refractivity contribution in [3.63, 3.8) is 0 Å². The van der Waals surface area contributed by atoms with Crippen molar-refractivity contribution in [2.45, 2.75) is 19.9 Å². The van der Waals surface area contributed by atoms with Crippen molar-refractivity contribution in [2.24, 2.45) is 0 Å². The van der Waals surface area contributed by atoms with Gasteiger partial charge >= 0.3 is 0 Å². The normalized spacial score (nSPS) is 10.6. The van der Waals surface area contributed by atoms with Gasteiger partial charge in [-0.3, -0.25) is 4.79 Å². The summed E-state index contributed by atoms with van der Waals surface area (Å²) in [5.41, 5.74) is 1.48. The van der Waals surface area contributed by atoms with E-state index in [1.165, 1.54) is 0 Å². The van der Waals surface area contributed by atoms with Crippen molar-refractivity contribution >= 4 is 29.1 Å². The van der Waals surface area contributed by atoms with Crippen molar-refractivity contribution in [2.75, 3.05) is 7.05 Å². The molecule has 0 atom stereocenters. The van der Waals surface area contributed by atoms with Gasteiger partial charge in [0, 0.05) is 23.2 Å². The number of hydrogen-bond acceptors (Lipinski definition) is 3. The van der Waals surface area contributed by atoms with Gasteiger partial charge in [0.05, 0.1) is 13.0 Å². The van der Waals surface area contributed by atoms with Crippen LogP contribution in [0, 0.1) is 6.92 Å². The van der Waals surface area contributed by atoms with Crippen molar-refractivity contribution in [1.29, 1.82) is 0 Å². The summed E-state index contributed by atoms with van der Waals surface area (Å²) in [5.74, 6) is 0.677. The number of nitrogens with zero attached hydrogens (tertiary/aromatic N) is 2. The lowest BCUT2D eigenvalue weighted by atomic mass is 10.1. The molecule has 0 saturated carbocycles. The Morgan fingerprint density at radius 1 is 1.35 bits per heavy atom. The Bertz CT molecular complexity index is 625. The maximum atomic E-state index is 12.1. The molecule has 1 heterocycles. The fraction of sp³-hybridized carbons (Fsp3) is 0.286. The van der Waals surface area contributed by atoms with E-state index in [9.17, 15) is 4.79 Å². The van der Waals surface area contributed by atoms with E-state index in [0.29, 0.717) is 16.6 Å². The molecule has 0 N–H and O–H groups in total. The largest absolute Gasteiger partial charge is 0.361 e. The number of aromatic nitrogens is 1. The van der Waals surface area contributed by atoms with Crippen LogP contribution in [0.2, 0.25) is 10.0 Å². The molecule has 2 rings (SSSR count). The van der Waals surface area contributed by atoms with Crippen LogP contribution in [-0.4, -0.2) is 23.0 Å². The predicted octanol–water partition coefficient (Wildman–Crippen LogP) is 3.49. The highest BCUT2D eigenvalue weighted by atomic mass is 35.5. The van der Waals surface area contributed by atoms with Gasteiger partial charge in [-0.15, -0.1) is 0 Å². The van der Waals surface area contributed by atoms with E-state index in [4.69, 9.17) is 27.7 Å². The van der Waals surface area contributed by atoms with Gasteiger partial charge in [0.1, 0.15) is 11.5 Å². The molecular weight excluding hydrogens is 299 g/mol. The number of carbonyl (C=O) groups excluding carboxylic acids is 1. The highest BCUT2D eigenvalue weighted by Gasteiger charge is 2.14. The summed E-state index contributed by atoms with van der Waals surface area (Å²) in [6.07, 6.45) is 0.226. The minimum atomic E-state index is -0.0464. The molecule has 106 valence electrons. The fourth-order valence-corrected chi connectivity index (χ4v) is 2.26. The number of hydrogen-bond donors (Lipinski definition) is 0. The molecule has 4 nitrogen and oxygen atoms in total. The van der Waals surface area contributed by atoms with E-state index >= 15 is 0 Å². The van der Waals surface area contributed by atoms with Gasteiger partial charge in [-0.25, -0.2) is 0 Å². The summed E-state index contributed by atoms with van der Waals surface area (Å²) >= 11 is 11.9. The van der Waals surface area contributed by atoms with Gasteiger partial charge in [-0.05, 0) is 24.6 Å². The predicted molar refractivity (Wildman–Crippen MR) is 77.9 cm³/mol. The van der Waals surface area contributed by atoms with Crippen molar-refractivity contribution in [3.8, 4) is 0 Å². The van der Waals surface area contributed by atoms with Crippen LogP contribution in [0.15, 0.2) is 28.8 Å². The summed E-state index contributed by atoms with van der Waals surface area (Å²) < 4.78 is 4.97. The third-order valence-electron chi connectivity index (χ3n) is 2.86.